The lowest BCUT2D eigenvalue weighted by atomic mass is 10.1. The van der Waals surface area contributed by atoms with E-state index in [1.54, 1.807) is 7.11 Å². The molecule has 3 heteroatoms. The molecule has 0 radical (unpaired) electrons. The topological polar surface area (TPSA) is 21.3 Å². The summed E-state index contributed by atoms with van der Waals surface area (Å²) in [5, 5.41) is 4.12. The molecule has 1 atom stereocenters. The number of rotatable bonds is 4. The van der Waals surface area contributed by atoms with Gasteiger partial charge in [0.1, 0.15) is 11.8 Å². The van der Waals surface area contributed by atoms with Gasteiger partial charge in [0.05, 0.1) is 12.8 Å². The van der Waals surface area contributed by atoms with Crippen LogP contribution in [0.15, 0.2) is 78.9 Å². The largest absolute Gasteiger partial charge is 0.495 e. The molecule has 3 rings (SSSR count). The number of hydrogen-bond donors (Lipinski definition) is 1. The normalized spacial score (nSPS) is 11.1. The van der Waals surface area contributed by atoms with Crippen LogP contribution in [0.3, 0.4) is 0 Å². The SMILES string of the molecule is COc1ccccc1NC(C#Cc1ccccc1)c1ccccc1Cl. The highest BCUT2D eigenvalue weighted by molar-refractivity contribution is 6.31. The predicted molar refractivity (Wildman–Crippen MR) is 104 cm³/mol. The molecule has 0 saturated carbocycles. The average Bonchev–Trinajstić information content (AvgIpc) is 2.67. The van der Waals surface area contributed by atoms with Crippen molar-refractivity contribution < 1.29 is 4.74 Å². The third-order valence-corrected chi connectivity index (χ3v) is 4.10. The first kappa shape index (κ1) is 17.0. The molecule has 0 aliphatic carbocycles. The third-order valence-electron chi connectivity index (χ3n) is 3.76. The highest BCUT2D eigenvalue weighted by Gasteiger charge is 2.14. The van der Waals surface area contributed by atoms with Crippen LogP contribution in [0.1, 0.15) is 17.2 Å². The van der Waals surface area contributed by atoms with Crippen molar-refractivity contribution in [2.24, 2.45) is 0 Å². The summed E-state index contributed by atoms with van der Waals surface area (Å²) in [4.78, 5) is 0. The first-order chi connectivity index (χ1) is 12.3. The van der Waals surface area contributed by atoms with Crippen LogP contribution >= 0.6 is 11.6 Å². The summed E-state index contributed by atoms with van der Waals surface area (Å²) >= 11 is 6.40. The van der Waals surface area contributed by atoms with Crippen molar-refractivity contribution >= 4 is 17.3 Å². The van der Waals surface area contributed by atoms with Crippen LogP contribution in [0.4, 0.5) is 5.69 Å². The molecule has 3 aromatic rings. The second-order valence-corrected chi connectivity index (χ2v) is 5.84. The minimum Gasteiger partial charge on any atom is -0.495 e. The van der Waals surface area contributed by atoms with Gasteiger partial charge in [0.2, 0.25) is 0 Å². The van der Waals surface area contributed by atoms with Gasteiger partial charge in [-0.2, -0.15) is 0 Å². The van der Waals surface area contributed by atoms with Gasteiger partial charge >= 0.3 is 0 Å². The molecule has 0 saturated heterocycles. The minimum absolute atomic E-state index is 0.259. The molecule has 0 bridgehead atoms. The Morgan fingerprint density at radius 1 is 0.880 bits per heavy atom. The lowest BCUT2D eigenvalue weighted by Crippen LogP contribution is -2.10. The molecule has 124 valence electrons. The Hall–Kier alpha value is -2.89. The Kier molecular flexibility index (Phi) is 5.61. The monoisotopic (exact) mass is 347 g/mol. The van der Waals surface area contributed by atoms with Gasteiger partial charge in [-0.1, -0.05) is 72.0 Å². The number of ether oxygens (including phenoxy) is 1. The van der Waals surface area contributed by atoms with Crippen LogP contribution in [-0.2, 0) is 0 Å². The fourth-order valence-corrected chi connectivity index (χ4v) is 2.74. The molecule has 0 fully saturated rings. The summed E-state index contributed by atoms with van der Waals surface area (Å²) < 4.78 is 5.43. The summed E-state index contributed by atoms with van der Waals surface area (Å²) in [6.45, 7) is 0. The van der Waals surface area contributed by atoms with E-state index in [0.29, 0.717) is 5.02 Å². The van der Waals surface area contributed by atoms with Gasteiger partial charge in [0.15, 0.2) is 0 Å². The van der Waals surface area contributed by atoms with E-state index < -0.39 is 0 Å². The van der Waals surface area contributed by atoms with Crippen molar-refractivity contribution in [1.29, 1.82) is 0 Å². The van der Waals surface area contributed by atoms with Crippen molar-refractivity contribution in [3.63, 3.8) is 0 Å². The van der Waals surface area contributed by atoms with Crippen molar-refractivity contribution in [1.82, 2.24) is 0 Å². The van der Waals surface area contributed by atoms with Crippen LogP contribution in [0, 0.1) is 11.8 Å². The summed E-state index contributed by atoms with van der Waals surface area (Å²) in [6.07, 6.45) is 0. The molecule has 25 heavy (non-hydrogen) atoms. The van der Waals surface area contributed by atoms with E-state index >= 15 is 0 Å². The Balaban J connectivity index is 1.98. The molecule has 0 amide bonds. The summed E-state index contributed by atoms with van der Waals surface area (Å²) in [5.74, 6) is 7.27. The average molecular weight is 348 g/mol. The second kappa shape index (κ2) is 8.28. The molecule has 1 unspecified atom stereocenters. The van der Waals surface area contributed by atoms with Crippen LogP contribution < -0.4 is 10.1 Å². The van der Waals surface area contributed by atoms with Crippen molar-refractivity contribution in [3.8, 4) is 17.6 Å². The fraction of sp³-hybridized carbons (Fsp3) is 0.0909. The zero-order chi connectivity index (χ0) is 17.5. The van der Waals surface area contributed by atoms with Gasteiger partial charge in [-0.05, 0) is 30.3 Å². The molecule has 0 aliphatic rings. The van der Waals surface area contributed by atoms with Gasteiger partial charge in [-0.3, -0.25) is 0 Å². The first-order valence-electron chi connectivity index (χ1n) is 7.98. The summed E-state index contributed by atoms with van der Waals surface area (Å²) in [7, 11) is 1.65. The number of halogens is 1. The molecule has 1 N–H and O–H groups in total. The molecule has 3 aromatic carbocycles. The van der Waals surface area contributed by atoms with Crippen LogP contribution in [0.2, 0.25) is 5.02 Å². The van der Waals surface area contributed by atoms with Crippen molar-refractivity contribution in [2.75, 3.05) is 12.4 Å². The van der Waals surface area contributed by atoms with Gasteiger partial charge in [0, 0.05) is 16.1 Å². The molecule has 2 nitrogen and oxygen atoms in total. The standard InChI is InChI=1S/C22H18ClNO/c1-25-22-14-8-7-13-21(22)24-20(18-11-5-6-12-19(18)23)16-15-17-9-3-2-4-10-17/h2-14,20,24H,1H3. The number of nitrogens with one attached hydrogen (secondary N) is 1. The molecule has 0 aromatic heterocycles. The van der Waals surface area contributed by atoms with Crippen molar-refractivity contribution in [3.05, 3.63) is 95.0 Å². The molecule has 0 heterocycles. The van der Waals surface area contributed by atoms with E-state index in [2.05, 4.69) is 17.2 Å². The van der Waals surface area contributed by atoms with Crippen LogP contribution in [0.25, 0.3) is 0 Å². The van der Waals surface area contributed by atoms with Gasteiger partial charge in [0.25, 0.3) is 0 Å². The summed E-state index contributed by atoms with van der Waals surface area (Å²) in [5.41, 5.74) is 2.76. The second-order valence-electron chi connectivity index (χ2n) is 5.43. The molecular formula is C22H18ClNO. The Morgan fingerprint density at radius 2 is 1.56 bits per heavy atom. The van der Waals surface area contributed by atoms with Gasteiger partial charge in [-0.25, -0.2) is 0 Å². The Bertz CT molecular complexity index is 896. The maximum atomic E-state index is 6.40. The van der Waals surface area contributed by atoms with E-state index in [1.165, 1.54) is 0 Å². The molecule has 0 aliphatic heterocycles. The van der Waals surface area contributed by atoms with Gasteiger partial charge < -0.3 is 10.1 Å². The number of benzene rings is 3. The lowest BCUT2D eigenvalue weighted by Gasteiger charge is -2.18. The zero-order valence-corrected chi connectivity index (χ0v) is 14.6. The number of para-hydroxylation sites is 2. The maximum Gasteiger partial charge on any atom is 0.141 e. The van der Waals surface area contributed by atoms with Crippen LogP contribution in [-0.4, -0.2) is 7.11 Å². The number of anilines is 1. The van der Waals surface area contributed by atoms with E-state index in [9.17, 15) is 0 Å². The summed E-state index contributed by atoms with van der Waals surface area (Å²) in [6, 6.07) is 25.1. The highest BCUT2D eigenvalue weighted by Crippen LogP contribution is 2.30. The highest BCUT2D eigenvalue weighted by atomic mass is 35.5. The Morgan fingerprint density at radius 3 is 2.32 bits per heavy atom. The fourth-order valence-electron chi connectivity index (χ4n) is 2.50. The van der Waals surface area contributed by atoms with E-state index in [0.717, 1.165) is 22.6 Å². The number of methoxy groups -OCH3 is 1. The van der Waals surface area contributed by atoms with Crippen LogP contribution in [0.5, 0.6) is 5.75 Å². The minimum atomic E-state index is -0.259. The Labute approximate surface area is 153 Å². The van der Waals surface area contributed by atoms with E-state index in [1.807, 2.05) is 78.9 Å². The quantitative estimate of drug-likeness (QED) is 0.624. The first-order valence-corrected chi connectivity index (χ1v) is 8.36. The van der Waals surface area contributed by atoms with E-state index in [-0.39, 0.29) is 6.04 Å². The molecular weight excluding hydrogens is 330 g/mol. The van der Waals surface area contributed by atoms with Gasteiger partial charge in [-0.15, -0.1) is 0 Å². The van der Waals surface area contributed by atoms with Crippen molar-refractivity contribution in [2.45, 2.75) is 6.04 Å². The third kappa shape index (κ3) is 4.35. The maximum absolute atomic E-state index is 6.40. The molecule has 0 spiro atoms. The number of hydrogen-bond acceptors (Lipinski definition) is 2. The predicted octanol–water partition coefficient (Wildman–Crippen LogP) is 5.55. The lowest BCUT2D eigenvalue weighted by molar-refractivity contribution is 0.416. The smallest absolute Gasteiger partial charge is 0.141 e. The zero-order valence-electron chi connectivity index (χ0n) is 13.9. The van der Waals surface area contributed by atoms with E-state index in [4.69, 9.17) is 16.3 Å².